The lowest BCUT2D eigenvalue weighted by Gasteiger charge is -2.34. The first-order valence-electron chi connectivity index (χ1n) is 15.9. The number of hydrogen-bond donors (Lipinski definition) is 1. The van der Waals surface area contributed by atoms with Gasteiger partial charge in [-0.1, -0.05) is 97.2 Å². The highest BCUT2D eigenvalue weighted by atomic mass is 35.5. The molecule has 1 aliphatic carbocycles. The third-order valence-electron chi connectivity index (χ3n) is 8.26. The Balaban J connectivity index is 1.59. The Kier molecular flexibility index (Phi) is 11.6. The van der Waals surface area contributed by atoms with E-state index >= 15 is 0 Å². The number of nitrogens with one attached hydrogen (secondary N) is 1. The number of carbonyl (C=O) groups excluding carboxylic acids is 2. The standard InChI is InChI=1S/C37H40ClN3O5S/c1-2-46-35-23-12-11-22-33(35)41(47(44,45)32-20-7-4-8-21-32)27-36(42)40(26-29-16-13-17-30(38)24-29)34(25-28-14-5-3-6-15-28)37(43)39-31-18-9-10-19-31/h3-8,11-17,20-24,31,34H,2,9-10,18-19,25-27H2,1H3,(H,39,43)/t34-/m0/s1. The molecule has 2 amide bonds. The second-order valence-corrected chi connectivity index (χ2v) is 13.9. The maximum atomic E-state index is 14.7. The van der Waals surface area contributed by atoms with Crippen LogP contribution in [-0.4, -0.2) is 50.4 Å². The molecule has 47 heavy (non-hydrogen) atoms. The molecule has 1 atom stereocenters. The van der Waals surface area contributed by atoms with Gasteiger partial charge in [0.15, 0.2) is 0 Å². The van der Waals surface area contributed by atoms with Gasteiger partial charge in [-0.15, -0.1) is 0 Å². The van der Waals surface area contributed by atoms with Gasteiger partial charge in [0.05, 0.1) is 17.2 Å². The maximum absolute atomic E-state index is 14.7. The minimum absolute atomic E-state index is 0.0249. The van der Waals surface area contributed by atoms with Crippen LogP contribution in [-0.2, 0) is 32.6 Å². The summed E-state index contributed by atoms with van der Waals surface area (Å²) < 4.78 is 35.5. The number of rotatable bonds is 14. The number of sulfonamides is 1. The monoisotopic (exact) mass is 673 g/mol. The number of para-hydroxylation sites is 2. The average Bonchev–Trinajstić information content (AvgIpc) is 3.59. The Bertz CT molecular complexity index is 1750. The topological polar surface area (TPSA) is 96.0 Å². The summed E-state index contributed by atoms with van der Waals surface area (Å²) >= 11 is 6.35. The Morgan fingerprint density at radius 3 is 2.19 bits per heavy atom. The number of anilines is 1. The van der Waals surface area contributed by atoms with Crippen LogP contribution in [0.4, 0.5) is 5.69 Å². The van der Waals surface area contributed by atoms with Gasteiger partial charge < -0.3 is 15.0 Å². The molecule has 4 aromatic rings. The van der Waals surface area contributed by atoms with E-state index in [9.17, 15) is 18.0 Å². The van der Waals surface area contributed by atoms with Crippen LogP contribution in [0.2, 0.25) is 5.02 Å². The highest BCUT2D eigenvalue weighted by Gasteiger charge is 2.36. The van der Waals surface area contributed by atoms with Crippen LogP contribution < -0.4 is 14.4 Å². The number of benzene rings is 4. The Morgan fingerprint density at radius 2 is 1.51 bits per heavy atom. The molecule has 0 unspecified atom stereocenters. The highest BCUT2D eigenvalue weighted by molar-refractivity contribution is 7.92. The van der Waals surface area contributed by atoms with Crippen molar-refractivity contribution in [1.82, 2.24) is 10.2 Å². The van der Waals surface area contributed by atoms with Gasteiger partial charge in [-0.3, -0.25) is 13.9 Å². The molecular formula is C37H40ClN3O5S. The summed E-state index contributed by atoms with van der Waals surface area (Å²) in [6.07, 6.45) is 4.06. The summed E-state index contributed by atoms with van der Waals surface area (Å²) in [5.74, 6) is -0.495. The molecular weight excluding hydrogens is 634 g/mol. The van der Waals surface area contributed by atoms with Gasteiger partial charge in [0.25, 0.3) is 10.0 Å². The molecule has 5 rings (SSSR count). The molecule has 4 aromatic carbocycles. The van der Waals surface area contributed by atoms with Gasteiger partial charge >= 0.3 is 0 Å². The van der Waals surface area contributed by atoms with Gasteiger partial charge in [0, 0.05) is 24.0 Å². The number of halogens is 1. The summed E-state index contributed by atoms with van der Waals surface area (Å²) in [5, 5.41) is 3.68. The predicted molar refractivity (Wildman–Crippen MR) is 185 cm³/mol. The summed E-state index contributed by atoms with van der Waals surface area (Å²) in [6, 6.07) is 30.5. The molecule has 1 saturated carbocycles. The molecule has 1 aliphatic rings. The van der Waals surface area contributed by atoms with Crippen molar-refractivity contribution in [2.75, 3.05) is 17.5 Å². The van der Waals surface area contributed by atoms with Crippen LogP contribution >= 0.6 is 11.6 Å². The SMILES string of the molecule is CCOc1ccccc1N(CC(=O)N(Cc1cccc(Cl)c1)[C@@H](Cc1ccccc1)C(=O)NC1CCCC1)S(=O)(=O)c1ccccc1. The first-order chi connectivity index (χ1) is 22.8. The fraction of sp³-hybridized carbons (Fsp3) is 0.297. The third kappa shape index (κ3) is 8.73. The van der Waals surface area contributed by atoms with E-state index in [0.29, 0.717) is 22.9 Å². The van der Waals surface area contributed by atoms with Gasteiger partial charge in [0.2, 0.25) is 11.8 Å². The van der Waals surface area contributed by atoms with Gasteiger partial charge in [-0.25, -0.2) is 8.42 Å². The normalized spacial score (nSPS) is 13.9. The molecule has 0 bridgehead atoms. The molecule has 1 fully saturated rings. The number of amides is 2. The van der Waals surface area contributed by atoms with Gasteiger partial charge in [-0.2, -0.15) is 0 Å². The van der Waals surface area contributed by atoms with E-state index in [1.807, 2.05) is 43.3 Å². The first kappa shape index (κ1) is 34.0. The van der Waals surface area contributed by atoms with Crippen LogP contribution in [0.15, 0.2) is 114 Å². The third-order valence-corrected chi connectivity index (χ3v) is 10.3. The molecule has 0 aromatic heterocycles. The summed E-state index contributed by atoms with van der Waals surface area (Å²) in [6.45, 7) is 1.58. The lowest BCUT2D eigenvalue weighted by molar-refractivity contribution is -0.140. The van der Waals surface area contributed by atoms with E-state index in [0.717, 1.165) is 35.6 Å². The van der Waals surface area contributed by atoms with Crippen LogP contribution in [0.1, 0.15) is 43.7 Å². The quantitative estimate of drug-likeness (QED) is 0.162. The van der Waals surface area contributed by atoms with Crippen molar-refractivity contribution in [2.24, 2.45) is 0 Å². The average molecular weight is 674 g/mol. The second kappa shape index (κ2) is 16.0. The highest BCUT2D eigenvalue weighted by Crippen LogP contribution is 2.33. The van der Waals surface area contributed by atoms with Crippen molar-refractivity contribution in [3.05, 3.63) is 125 Å². The second-order valence-electron chi connectivity index (χ2n) is 11.6. The van der Waals surface area contributed by atoms with Crippen LogP contribution in [0.5, 0.6) is 5.75 Å². The summed E-state index contributed by atoms with van der Waals surface area (Å²) in [5.41, 5.74) is 1.81. The summed E-state index contributed by atoms with van der Waals surface area (Å²) in [7, 11) is -4.24. The number of ether oxygens (including phenoxy) is 1. The zero-order valence-corrected chi connectivity index (χ0v) is 28.0. The fourth-order valence-corrected chi connectivity index (χ4v) is 7.59. The molecule has 8 nitrogen and oxygen atoms in total. The number of nitrogens with zero attached hydrogens (tertiary/aromatic N) is 2. The lowest BCUT2D eigenvalue weighted by atomic mass is 10.0. The zero-order valence-electron chi connectivity index (χ0n) is 26.4. The van der Waals surface area contributed by atoms with Crippen molar-refractivity contribution in [1.29, 1.82) is 0 Å². The smallest absolute Gasteiger partial charge is 0.264 e. The molecule has 10 heteroatoms. The molecule has 0 saturated heterocycles. The van der Waals surface area contributed by atoms with E-state index in [1.165, 1.54) is 17.0 Å². The fourth-order valence-electron chi connectivity index (χ4n) is 5.93. The van der Waals surface area contributed by atoms with E-state index in [-0.39, 0.29) is 35.5 Å². The molecule has 0 radical (unpaired) electrons. The van der Waals surface area contributed by atoms with Gasteiger partial charge in [-0.05, 0) is 67.3 Å². The summed E-state index contributed by atoms with van der Waals surface area (Å²) in [4.78, 5) is 30.4. The first-order valence-corrected chi connectivity index (χ1v) is 17.8. The molecule has 0 heterocycles. The van der Waals surface area contributed by atoms with Crippen molar-refractivity contribution in [2.45, 2.75) is 62.6 Å². The molecule has 1 N–H and O–H groups in total. The molecule has 0 aliphatic heterocycles. The van der Waals surface area contributed by atoms with Crippen LogP contribution in [0.3, 0.4) is 0 Å². The van der Waals surface area contributed by atoms with Crippen molar-refractivity contribution < 1.29 is 22.7 Å². The maximum Gasteiger partial charge on any atom is 0.264 e. The van der Waals surface area contributed by atoms with Crippen molar-refractivity contribution in [3.8, 4) is 5.75 Å². The van der Waals surface area contributed by atoms with Crippen molar-refractivity contribution >= 4 is 39.1 Å². The largest absolute Gasteiger partial charge is 0.492 e. The zero-order chi connectivity index (χ0) is 33.2. The minimum Gasteiger partial charge on any atom is -0.492 e. The number of hydrogen-bond acceptors (Lipinski definition) is 5. The van der Waals surface area contributed by atoms with Crippen LogP contribution in [0, 0.1) is 0 Å². The van der Waals surface area contributed by atoms with Crippen molar-refractivity contribution in [3.63, 3.8) is 0 Å². The van der Waals surface area contributed by atoms with E-state index in [1.54, 1.807) is 60.7 Å². The van der Waals surface area contributed by atoms with Crippen LogP contribution in [0.25, 0.3) is 0 Å². The Hall–Kier alpha value is -4.34. The lowest BCUT2D eigenvalue weighted by Crippen LogP contribution is -2.54. The predicted octanol–water partition coefficient (Wildman–Crippen LogP) is 6.63. The van der Waals surface area contributed by atoms with E-state index in [4.69, 9.17) is 16.3 Å². The minimum atomic E-state index is -4.24. The molecule has 246 valence electrons. The van der Waals surface area contributed by atoms with E-state index in [2.05, 4.69) is 5.32 Å². The van der Waals surface area contributed by atoms with Gasteiger partial charge in [0.1, 0.15) is 18.3 Å². The number of carbonyl (C=O) groups is 2. The molecule has 0 spiro atoms. The van der Waals surface area contributed by atoms with E-state index < -0.39 is 28.5 Å². The Morgan fingerprint density at radius 1 is 0.872 bits per heavy atom. The Labute approximate surface area is 282 Å².